The van der Waals surface area contributed by atoms with E-state index in [-0.39, 0.29) is 6.04 Å². The summed E-state index contributed by atoms with van der Waals surface area (Å²) in [5.74, 6) is 0. The molecular formula is C11H15BrN2O2S. The Kier molecular flexibility index (Phi) is 3.47. The lowest BCUT2D eigenvalue weighted by Gasteiger charge is -2.28. The van der Waals surface area contributed by atoms with Crippen LogP contribution in [0.4, 0.5) is 5.69 Å². The highest BCUT2D eigenvalue weighted by atomic mass is 79.9. The van der Waals surface area contributed by atoms with Gasteiger partial charge in [0.05, 0.1) is 5.69 Å². The zero-order chi connectivity index (χ0) is 12.6. The van der Waals surface area contributed by atoms with Crippen molar-refractivity contribution in [2.45, 2.75) is 24.8 Å². The minimum Gasteiger partial charge on any atom is -0.367 e. The molecule has 0 saturated carbocycles. The number of anilines is 1. The zero-order valence-electron chi connectivity index (χ0n) is 9.77. The molecule has 2 rings (SSSR count). The van der Waals surface area contributed by atoms with E-state index in [1.165, 1.54) is 0 Å². The Morgan fingerprint density at radius 3 is 2.76 bits per heavy atom. The molecular weight excluding hydrogens is 304 g/mol. The van der Waals surface area contributed by atoms with Gasteiger partial charge in [-0.15, -0.1) is 0 Å². The van der Waals surface area contributed by atoms with Crippen LogP contribution in [0.25, 0.3) is 0 Å². The van der Waals surface area contributed by atoms with Crippen LogP contribution in [0, 0.1) is 0 Å². The number of fused-ring (bicyclic) bond motifs is 1. The molecule has 0 unspecified atom stereocenters. The predicted molar refractivity (Wildman–Crippen MR) is 71.8 cm³/mol. The second-order valence-electron chi connectivity index (χ2n) is 4.30. The van der Waals surface area contributed by atoms with Gasteiger partial charge >= 0.3 is 0 Å². The topological polar surface area (TPSA) is 49.4 Å². The normalized spacial score (nSPS) is 18.9. The van der Waals surface area contributed by atoms with Crippen LogP contribution in [0.2, 0.25) is 0 Å². The summed E-state index contributed by atoms with van der Waals surface area (Å²) in [7, 11) is -3.39. The molecule has 0 bridgehead atoms. The largest absolute Gasteiger partial charge is 0.367 e. The van der Waals surface area contributed by atoms with Gasteiger partial charge in [0, 0.05) is 23.6 Å². The lowest BCUT2D eigenvalue weighted by Crippen LogP contribution is -2.34. The smallest absolute Gasteiger partial charge is 0.242 e. The van der Waals surface area contributed by atoms with Crippen LogP contribution in [0.5, 0.6) is 0 Å². The van der Waals surface area contributed by atoms with Crippen LogP contribution in [0.3, 0.4) is 0 Å². The number of hydrogen-bond donors (Lipinski definition) is 1. The maximum absolute atomic E-state index is 12.1. The first-order chi connectivity index (χ1) is 7.92. The molecule has 0 saturated heterocycles. The third-order valence-corrected chi connectivity index (χ3v) is 4.77. The Hall–Kier alpha value is -0.590. The Morgan fingerprint density at radius 1 is 1.41 bits per heavy atom. The number of rotatable bonds is 1. The van der Waals surface area contributed by atoms with Crippen molar-refractivity contribution in [2.24, 2.45) is 0 Å². The van der Waals surface area contributed by atoms with E-state index in [0.29, 0.717) is 18.0 Å². The molecule has 0 atom stereocenters. The van der Waals surface area contributed by atoms with Crippen molar-refractivity contribution in [3.63, 3.8) is 0 Å². The maximum Gasteiger partial charge on any atom is 0.242 e. The van der Waals surface area contributed by atoms with E-state index in [1.54, 1.807) is 6.07 Å². The first-order valence-corrected chi connectivity index (χ1v) is 7.75. The van der Waals surface area contributed by atoms with Gasteiger partial charge in [-0.1, -0.05) is 15.9 Å². The third kappa shape index (κ3) is 2.48. The molecule has 0 spiro atoms. The van der Waals surface area contributed by atoms with E-state index in [1.807, 2.05) is 12.1 Å². The van der Waals surface area contributed by atoms with Crippen molar-refractivity contribution in [1.82, 2.24) is 4.72 Å². The van der Waals surface area contributed by atoms with Gasteiger partial charge < -0.3 is 4.90 Å². The molecule has 6 heteroatoms. The molecule has 1 N–H and O–H groups in total. The summed E-state index contributed by atoms with van der Waals surface area (Å²) >= 11 is 3.31. The minimum absolute atomic E-state index is 0.269. The van der Waals surface area contributed by atoms with Gasteiger partial charge in [0.25, 0.3) is 0 Å². The number of halogens is 1. The summed E-state index contributed by atoms with van der Waals surface area (Å²) in [6.07, 6.45) is 0. The highest BCUT2D eigenvalue weighted by Crippen LogP contribution is 2.31. The van der Waals surface area contributed by atoms with Crippen molar-refractivity contribution >= 4 is 31.6 Å². The van der Waals surface area contributed by atoms with Gasteiger partial charge in [-0.2, -0.15) is 0 Å². The van der Waals surface area contributed by atoms with Crippen molar-refractivity contribution in [3.05, 3.63) is 22.7 Å². The monoisotopic (exact) mass is 318 g/mol. The Bertz CT molecular complexity index is 528. The van der Waals surface area contributed by atoms with Crippen LogP contribution in [-0.4, -0.2) is 27.5 Å². The summed E-state index contributed by atoms with van der Waals surface area (Å²) in [6, 6.07) is 5.64. The fraction of sp³-hybridized carbons (Fsp3) is 0.455. The summed E-state index contributed by atoms with van der Waals surface area (Å²) in [6.45, 7) is 5.24. The first kappa shape index (κ1) is 12.9. The molecule has 1 aromatic carbocycles. The number of sulfonamides is 1. The SMILES string of the molecule is CC(C)N1CCNS(=O)(=O)c2cc(Br)ccc21. The van der Waals surface area contributed by atoms with Gasteiger partial charge in [0.15, 0.2) is 0 Å². The van der Waals surface area contributed by atoms with Gasteiger partial charge in [-0.05, 0) is 32.0 Å². The van der Waals surface area contributed by atoms with Crippen LogP contribution in [0.15, 0.2) is 27.6 Å². The summed E-state index contributed by atoms with van der Waals surface area (Å²) in [4.78, 5) is 2.44. The molecule has 1 aliphatic rings. The fourth-order valence-corrected chi connectivity index (χ4v) is 3.75. The second kappa shape index (κ2) is 4.59. The Morgan fingerprint density at radius 2 is 2.12 bits per heavy atom. The standard InChI is InChI=1S/C11H15BrN2O2S/c1-8(2)14-6-5-13-17(15,16)11-7-9(12)3-4-10(11)14/h3-4,7-8,13H,5-6H2,1-2H3. The van der Waals surface area contributed by atoms with Gasteiger partial charge in [-0.25, -0.2) is 13.1 Å². The third-order valence-electron chi connectivity index (χ3n) is 2.79. The van der Waals surface area contributed by atoms with E-state index < -0.39 is 10.0 Å². The van der Waals surface area contributed by atoms with Gasteiger partial charge in [-0.3, -0.25) is 0 Å². The molecule has 0 aromatic heterocycles. The molecule has 0 fully saturated rings. The highest BCUT2D eigenvalue weighted by molar-refractivity contribution is 9.10. The zero-order valence-corrected chi connectivity index (χ0v) is 12.2. The van der Waals surface area contributed by atoms with Crippen molar-refractivity contribution in [1.29, 1.82) is 0 Å². The first-order valence-electron chi connectivity index (χ1n) is 5.47. The molecule has 17 heavy (non-hydrogen) atoms. The van der Waals surface area contributed by atoms with Crippen molar-refractivity contribution in [3.8, 4) is 0 Å². The average Bonchev–Trinajstić information content (AvgIpc) is 2.36. The van der Waals surface area contributed by atoms with Crippen LogP contribution < -0.4 is 9.62 Å². The summed E-state index contributed by atoms with van der Waals surface area (Å²) < 4.78 is 27.5. The van der Waals surface area contributed by atoms with Crippen molar-refractivity contribution < 1.29 is 8.42 Å². The lowest BCUT2D eigenvalue weighted by atomic mass is 10.2. The van der Waals surface area contributed by atoms with E-state index in [0.717, 1.165) is 10.2 Å². The minimum atomic E-state index is -3.39. The molecule has 1 aromatic rings. The quantitative estimate of drug-likeness (QED) is 0.861. The predicted octanol–water partition coefficient (Wildman–Crippen LogP) is 1.96. The van der Waals surface area contributed by atoms with Crippen molar-refractivity contribution in [2.75, 3.05) is 18.0 Å². The summed E-state index contributed by atoms with van der Waals surface area (Å²) in [5.41, 5.74) is 0.771. The number of hydrogen-bond acceptors (Lipinski definition) is 3. The van der Waals surface area contributed by atoms with Crippen LogP contribution in [-0.2, 0) is 10.0 Å². The molecule has 4 nitrogen and oxygen atoms in total. The van der Waals surface area contributed by atoms with E-state index in [9.17, 15) is 8.42 Å². The van der Waals surface area contributed by atoms with Gasteiger partial charge in [0.1, 0.15) is 4.90 Å². The number of nitrogens with one attached hydrogen (secondary N) is 1. The van der Waals surface area contributed by atoms with Gasteiger partial charge in [0.2, 0.25) is 10.0 Å². The Labute approximate surface area is 110 Å². The molecule has 0 radical (unpaired) electrons. The molecule has 1 aliphatic heterocycles. The lowest BCUT2D eigenvalue weighted by molar-refractivity contribution is 0.584. The number of nitrogens with zero attached hydrogens (tertiary/aromatic N) is 1. The van der Waals surface area contributed by atoms with E-state index in [4.69, 9.17) is 0 Å². The average molecular weight is 319 g/mol. The van der Waals surface area contributed by atoms with Crippen LogP contribution in [0.1, 0.15) is 13.8 Å². The molecule has 1 heterocycles. The summed E-state index contributed by atoms with van der Waals surface area (Å²) in [5, 5.41) is 0. The molecule has 0 aliphatic carbocycles. The maximum atomic E-state index is 12.1. The fourth-order valence-electron chi connectivity index (χ4n) is 1.98. The Balaban J connectivity index is 2.64. The van der Waals surface area contributed by atoms with E-state index in [2.05, 4.69) is 39.4 Å². The highest BCUT2D eigenvalue weighted by Gasteiger charge is 2.26. The van der Waals surface area contributed by atoms with E-state index >= 15 is 0 Å². The number of benzene rings is 1. The molecule has 94 valence electrons. The van der Waals surface area contributed by atoms with Crippen LogP contribution >= 0.6 is 15.9 Å². The second-order valence-corrected chi connectivity index (χ2v) is 6.95. The molecule has 0 amide bonds.